The molecule has 0 atom stereocenters. The highest BCUT2D eigenvalue weighted by molar-refractivity contribution is 6.27. The van der Waals surface area contributed by atoms with Crippen LogP contribution in [0.1, 0.15) is 0 Å². The van der Waals surface area contributed by atoms with Crippen LogP contribution in [-0.2, 0) is 0 Å². The predicted octanol–water partition coefficient (Wildman–Crippen LogP) is 13.2. The molecule has 0 bridgehead atoms. The number of rotatable bonds is 6. The molecular formula is C46H31NO. The van der Waals surface area contributed by atoms with Crippen LogP contribution in [0.3, 0.4) is 0 Å². The first kappa shape index (κ1) is 27.9. The van der Waals surface area contributed by atoms with Gasteiger partial charge in [-0.1, -0.05) is 158 Å². The summed E-state index contributed by atoms with van der Waals surface area (Å²) >= 11 is 0. The molecule has 48 heavy (non-hydrogen) atoms. The Bertz CT molecular complexity index is 2530. The van der Waals surface area contributed by atoms with E-state index in [1.54, 1.807) is 0 Å². The van der Waals surface area contributed by atoms with Gasteiger partial charge in [-0.25, -0.2) is 0 Å². The molecule has 0 saturated heterocycles. The molecule has 1 aromatic heterocycles. The minimum Gasteiger partial charge on any atom is -0.455 e. The number of hydrogen-bond acceptors (Lipinski definition) is 2. The number of fused-ring (bicyclic) bond motifs is 5. The van der Waals surface area contributed by atoms with Gasteiger partial charge in [0.25, 0.3) is 0 Å². The second-order valence-electron chi connectivity index (χ2n) is 12.1. The topological polar surface area (TPSA) is 16.4 Å². The van der Waals surface area contributed by atoms with Crippen molar-refractivity contribution in [1.82, 2.24) is 0 Å². The molecule has 0 N–H and O–H groups in total. The molecule has 8 aromatic carbocycles. The summed E-state index contributed by atoms with van der Waals surface area (Å²) in [7, 11) is 0. The van der Waals surface area contributed by atoms with Crippen LogP contribution in [0.5, 0.6) is 0 Å². The van der Waals surface area contributed by atoms with Crippen LogP contribution < -0.4 is 4.90 Å². The number of anilines is 3. The summed E-state index contributed by atoms with van der Waals surface area (Å²) in [5.74, 6) is 0. The Kier molecular flexibility index (Phi) is 6.84. The molecule has 226 valence electrons. The molecule has 2 heteroatoms. The van der Waals surface area contributed by atoms with Crippen molar-refractivity contribution in [2.75, 3.05) is 4.90 Å². The van der Waals surface area contributed by atoms with E-state index >= 15 is 0 Å². The second kappa shape index (κ2) is 11.8. The van der Waals surface area contributed by atoms with Crippen molar-refractivity contribution in [2.24, 2.45) is 0 Å². The van der Waals surface area contributed by atoms with Gasteiger partial charge in [0.05, 0.1) is 11.1 Å². The fourth-order valence-electron chi connectivity index (χ4n) is 7.04. The van der Waals surface area contributed by atoms with Crippen LogP contribution in [0, 0.1) is 0 Å². The fourth-order valence-corrected chi connectivity index (χ4v) is 7.04. The number of para-hydroxylation sites is 1. The minimum atomic E-state index is 0.876. The third-order valence-corrected chi connectivity index (χ3v) is 9.24. The molecule has 0 unspecified atom stereocenters. The minimum absolute atomic E-state index is 0.876. The summed E-state index contributed by atoms with van der Waals surface area (Å²) in [6.45, 7) is 0. The van der Waals surface area contributed by atoms with Crippen molar-refractivity contribution < 1.29 is 4.42 Å². The standard InChI is InChI=1S/C46H31NO/c1-4-15-32(16-5-1)34-27-29-37(30-28-34)47(38-22-14-21-36(31-38)33-17-6-2-7-18-33)45-43(35-19-8-3-9-20-35)39-23-10-11-24-40(39)46-44(45)41-25-12-13-26-42(41)48-46/h1-31H. The monoisotopic (exact) mass is 613 g/mol. The van der Waals surface area contributed by atoms with E-state index in [1.807, 2.05) is 6.07 Å². The predicted molar refractivity (Wildman–Crippen MR) is 202 cm³/mol. The zero-order chi connectivity index (χ0) is 31.9. The van der Waals surface area contributed by atoms with E-state index in [4.69, 9.17) is 4.42 Å². The van der Waals surface area contributed by atoms with E-state index in [2.05, 4.69) is 187 Å². The van der Waals surface area contributed by atoms with Crippen LogP contribution in [0.15, 0.2) is 192 Å². The van der Waals surface area contributed by atoms with E-state index < -0.39 is 0 Å². The molecule has 0 saturated carbocycles. The van der Waals surface area contributed by atoms with E-state index in [1.165, 1.54) is 22.3 Å². The molecule has 0 aliphatic rings. The van der Waals surface area contributed by atoms with E-state index in [9.17, 15) is 0 Å². The Hall–Kier alpha value is -6.38. The smallest absolute Gasteiger partial charge is 0.145 e. The van der Waals surface area contributed by atoms with Gasteiger partial charge in [-0.3, -0.25) is 0 Å². The second-order valence-corrected chi connectivity index (χ2v) is 12.1. The van der Waals surface area contributed by atoms with Gasteiger partial charge in [0.1, 0.15) is 11.2 Å². The van der Waals surface area contributed by atoms with Crippen molar-refractivity contribution in [3.63, 3.8) is 0 Å². The highest BCUT2D eigenvalue weighted by Crippen LogP contribution is 2.52. The summed E-state index contributed by atoms with van der Waals surface area (Å²) in [6, 6.07) is 66.8. The maximum absolute atomic E-state index is 6.76. The molecule has 0 aliphatic heterocycles. The quantitative estimate of drug-likeness (QED) is 0.185. The Morgan fingerprint density at radius 1 is 0.354 bits per heavy atom. The van der Waals surface area contributed by atoms with Crippen molar-refractivity contribution in [2.45, 2.75) is 0 Å². The lowest BCUT2D eigenvalue weighted by Crippen LogP contribution is -2.12. The van der Waals surface area contributed by atoms with Crippen LogP contribution in [0.2, 0.25) is 0 Å². The Balaban J connectivity index is 1.41. The molecule has 0 aliphatic carbocycles. The summed E-state index contributed by atoms with van der Waals surface area (Å²) < 4.78 is 6.76. The van der Waals surface area contributed by atoms with Crippen molar-refractivity contribution >= 4 is 49.8 Å². The average Bonchev–Trinajstić information content (AvgIpc) is 3.56. The van der Waals surface area contributed by atoms with Crippen molar-refractivity contribution in [3.05, 3.63) is 188 Å². The molecular weight excluding hydrogens is 583 g/mol. The largest absolute Gasteiger partial charge is 0.455 e. The van der Waals surface area contributed by atoms with E-state index in [0.29, 0.717) is 0 Å². The highest BCUT2D eigenvalue weighted by atomic mass is 16.3. The number of benzene rings is 8. The molecule has 1 heterocycles. The SMILES string of the molecule is c1ccc(-c2ccc(N(c3cccc(-c4ccccc4)c3)c3c(-c4ccccc4)c4ccccc4c4oc5ccccc5c34)cc2)cc1. The maximum Gasteiger partial charge on any atom is 0.145 e. The first-order valence-electron chi connectivity index (χ1n) is 16.4. The fraction of sp³-hybridized carbons (Fsp3) is 0. The molecule has 9 aromatic rings. The van der Waals surface area contributed by atoms with Gasteiger partial charge < -0.3 is 9.32 Å². The van der Waals surface area contributed by atoms with Crippen LogP contribution in [0.25, 0.3) is 66.1 Å². The molecule has 9 rings (SSSR count). The zero-order valence-electron chi connectivity index (χ0n) is 26.3. The van der Waals surface area contributed by atoms with Gasteiger partial charge in [0.15, 0.2) is 0 Å². The average molecular weight is 614 g/mol. The highest BCUT2D eigenvalue weighted by Gasteiger charge is 2.27. The van der Waals surface area contributed by atoms with Gasteiger partial charge in [-0.15, -0.1) is 0 Å². The van der Waals surface area contributed by atoms with Crippen LogP contribution in [0.4, 0.5) is 17.1 Å². The Labute approximate surface area is 279 Å². The molecule has 0 amide bonds. The van der Waals surface area contributed by atoms with Gasteiger partial charge in [-0.05, 0) is 63.5 Å². The first-order valence-corrected chi connectivity index (χ1v) is 16.4. The Morgan fingerprint density at radius 3 is 1.56 bits per heavy atom. The van der Waals surface area contributed by atoms with Crippen molar-refractivity contribution in [3.8, 4) is 33.4 Å². The number of hydrogen-bond donors (Lipinski definition) is 0. The summed E-state index contributed by atoms with van der Waals surface area (Å²) in [5, 5.41) is 4.44. The Morgan fingerprint density at radius 2 is 0.875 bits per heavy atom. The van der Waals surface area contributed by atoms with Crippen LogP contribution in [-0.4, -0.2) is 0 Å². The number of nitrogens with zero attached hydrogens (tertiary/aromatic N) is 1. The molecule has 2 nitrogen and oxygen atoms in total. The van der Waals surface area contributed by atoms with Crippen molar-refractivity contribution in [1.29, 1.82) is 0 Å². The van der Waals surface area contributed by atoms with E-state index in [-0.39, 0.29) is 0 Å². The van der Waals surface area contributed by atoms with Gasteiger partial charge >= 0.3 is 0 Å². The lowest BCUT2D eigenvalue weighted by atomic mass is 9.91. The normalized spacial score (nSPS) is 11.3. The zero-order valence-corrected chi connectivity index (χ0v) is 26.3. The molecule has 0 fully saturated rings. The summed E-state index contributed by atoms with van der Waals surface area (Å²) in [6.07, 6.45) is 0. The maximum atomic E-state index is 6.76. The third-order valence-electron chi connectivity index (χ3n) is 9.24. The molecule has 0 spiro atoms. The lowest BCUT2D eigenvalue weighted by molar-refractivity contribution is 0.672. The summed E-state index contributed by atoms with van der Waals surface area (Å²) in [5.41, 5.74) is 12.0. The third kappa shape index (κ3) is 4.74. The van der Waals surface area contributed by atoms with E-state index in [0.717, 1.165) is 60.9 Å². The summed E-state index contributed by atoms with van der Waals surface area (Å²) in [4.78, 5) is 2.43. The van der Waals surface area contributed by atoms with Gasteiger partial charge in [0, 0.05) is 27.7 Å². The lowest BCUT2D eigenvalue weighted by Gasteiger charge is -2.30. The van der Waals surface area contributed by atoms with Crippen LogP contribution >= 0.6 is 0 Å². The number of furan rings is 1. The molecule has 0 radical (unpaired) electrons. The first-order chi connectivity index (χ1) is 23.8. The van der Waals surface area contributed by atoms with Gasteiger partial charge in [-0.2, -0.15) is 0 Å². The van der Waals surface area contributed by atoms with Gasteiger partial charge in [0.2, 0.25) is 0 Å².